The molecule has 0 saturated heterocycles. The molecule has 0 spiro atoms. The first-order valence-electron chi connectivity index (χ1n) is 11.9. The Morgan fingerprint density at radius 1 is 0.824 bits per heavy atom. The largest absolute Gasteiger partial charge is 0.213 e. The minimum atomic E-state index is 0.966. The summed E-state index contributed by atoms with van der Waals surface area (Å²) in [6.07, 6.45) is 14.2. The van der Waals surface area contributed by atoms with Crippen molar-refractivity contribution in [2.24, 2.45) is 0 Å². The van der Waals surface area contributed by atoms with Crippen molar-refractivity contribution < 1.29 is 9.15 Å². The Labute approximate surface area is 201 Å². The summed E-state index contributed by atoms with van der Waals surface area (Å²) in [5, 5.41) is 5.10. The van der Waals surface area contributed by atoms with Crippen LogP contribution in [0.3, 0.4) is 0 Å². The van der Waals surface area contributed by atoms with Crippen LogP contribution >= 0.6 is 0 Å². The van der Waals surface area contributed by atoms with Gasteiger partial charge in [0.15, 0.2) is 19.0 Å². The molecule has 0 amide bonds. The topological polar surface area (TPSA) is 6.02 Å². The predicted octanol–water partition coefficient (Wildman–Crippen LogP) is 7.59. The van der Waals surface area contributed by atoms with Gasteiger partial charge in [0.2, 0.25) is 11.4 Å². The van der Waals surface area contributed by atoms with E-state index in [1.54, 1.807) is 0 Å². The maximum atomic E-state index is 2.37. The van der Waals surface area contributed by atoms with Crippen molar-refractivity contribution in [2.45, 2.75) is 13.3 Å². The van der Waals surface area contributed by atoms with Crippen molar-refractivity contribution in [2.75, 3.05) is 13.6 Å². The van der Waals surface area contributed by atoms with Crippen molar-refractivity contribution in [1.82, 2.24) is 0 Å². The van der Waals surface area contributed by atoms with Gasteiger partial charge < -0.3 is 0 Å². The number of hydrogen-bond donors (Lipinski definition) is 0. The molecule has 2 nitrogen and oxygen atoms in total. The summed E-state index contributed by atoms with van der Waals surface area (Å²) in [4.78, 5) is 0. The third-order valence-electron chi connectivity index (χ3n) is 6.50. The summed E-state index contributed by atoms with van der Waals surface area (Å²) in [7, 11) is 2.12. The molecule has 5 rings (SSSR count). The summed E-state index contributed by atoms with van der Waals surface area (Å²) in [5.41, 5.74) is 5.09. The Kier molecular flexibility index (Phi) is 6.31. The first kappa shape index (κ1) is 21.8. The van der Waals surface area contributed by atoms with E-state index in [9.17, 15) is 0 Å². The fourth-order valence-corrected chi connectivity index (χ4v) is 4.72. The van der Waals surface area contributed by atoms with Crippen LogP contribution in [0.2, 0.25) is 0 Å². The SMILES string of the molecule is C/C=C\C(=C/C=[N+](C)c1cccc2ccccc12)C1=CC=[N+](c2cccc3ccccc23)CC1. The van der Waals surface area contributed by atoms with E-state index in [4.69, 9.17) is 0 Å². The molecule has 0 unspecified atom stereocenters. The van der Waals surface area contributed by atoms with E-state index in [-0.39, 0.29) is 0 Å². The second-order valence-corrected chi connectivity index (χ2v) is 8.66. The highest BCUT2D eigenvalue weighted by Crippen LogP contribution is 2.28. The van der Waals surface area contributed by atoms with Crippen LogP contribution < -0.4 is 0 Å². The van der Waals surface area contributed by atoms with Crippen molar-refractivity contribution in [1.29, 1.82) is 0 Å². The van der Waals surface area contributed by atoms with Gasteiger partial charge in [0, 0.05) is 30.7 Å². The number of allylic oxidation sites excluding steroid dienone is 5. The zero-order chi connectivity index (χ0) is 23.3. The van der Waals surface area contributed by atoms with Crippen LogP contribution in [-0.2, 0) is 0 Å². The summed E-state index contributed by atoms with van der Waals surface area (Å²) >= 11 is 0. The second-order valence-electron chi connectivity index (χ2n) is 8.66. The van der Waals surface area contributed by atoms with Crippen molar-refractivity contribution in [3.63, 3.8) is 0 Å². The Balaban J connectivity index is 1.47. The Bertz CT molecular complexity index is 1500. The van der Waals surface area contributed by atoms with Gasteiger partial charge in [-0.25, -0.2) is 4.58 Å². The molecule has 34 heavy (non-hydrogen) atoms. The highest BCUT2D eigenvalue weighted by Gasteiger charge is 2.18. The van der Waals surface area contributed by atoms with Gasteiger partial charge in [-0.05, 0) is 41.0 Å². The molecular weight excluding hydrogens is 412 g/mol. The standard InChI is InChI=1S/C32H30N2/c1-3-10-25(19-22-33(2)31-17-8-13-27-11-4-6-15-29(27)31)26-20-23-34(24-21-26)32-18-9-14-28-12-5-7-16-30(28)32/h3-20,22-23H,21,24H2,1-2H3/q+2/b10-3-,25-19+,33-22?. The van der Waals surface area contributed by atoms with Crippen molar-refractivity contribution >= 4 is 45.3 Å². The maximum absolute atomic E-state index is 2.37. The molecule has 0 N–H and O–H groups in total. The highest BCUT2D eigenvalue weighted by molar-refractivity contribution is 5.92. The van der Waals surface area contributed by atoms with E-state index in [0.29, 0.717) is 0 Å². The number of benzene rings is 4. The van der Waals surface area contributed by atoms with Gasteiger partial charge in [-0.15, -0.1) is 0 Å². The highest BCUT2D eigenvalue weighted by atomic mass is 15.0. The monoisotopic (exact) mass is 442 g/mol. The second kappa shape index (κ2) is 9.84. The minimum Gasteiger partial charge on any atom is -0.201 e. The van der Waals surface area contributed by atoms with E-state index in [0.717, 1.165) is 13.0 Å². The number of fused-ring (bicyclic) bond motifs is 2. The van der Waals surface area contributed by atoms with E-state index in [1.807, 2.05) is 0 Å². The fourth-order valence-electron chi connectivity index (χ4n) is 4.72. The molecule has 0 saturated carbocycles. The third kappa shape index (κ3) is 4.40. The molecule has 1 aliphatic rings. The molecule has 1 aliphatic heterocycles. The molecule has 0 aromatic heterocycles. The molecule has 0 bridgehead atoms. The quantitative estimate of drug-likeness (QED) is 0.171. The number of nitrogens with zero attached hydrogens (tertiary/aromatic N) is 2. The van der Waals surface area contributed by atoms with E-state index in [1.165, 1.54) is 44.1 Å². The lowest BCUT2D eigenvalue weighted by molar-refractivity contribution is -0.433. The average Bonchev–Trinajstić information content (AvgIpc) is 2.90. The predicted molar refractivity (Wildman–Crippen MR) is 146 cm³/mol. The number of rotatable bonds is 5. The van der Waals surface area contributed by atoms with Gasteiger partial charge in [0.1, 0.15) is 7.05 Å². The molecular formula is C32H30N2+2. The van der Waals surface area contributed by atoms with Crippen LogP contribution in [0.4, 0.5) is 11.4 Å². The van der Waals surface area contributed by atoms with Crippen LogP contribution in [0.15, 0.2) is 120 Å². The summed E-state index contributed by atoms with van der Waals surface area (Å²) < 4.78 is 4.58. The molecule has 4 aromatic carbocycles. The van der Waals surface area contributed by atoms with E-state index >= 15 is 0 Å². The summed E-state index contributed by atoms with van der Waals surface area (Å²) in [5.74, 6) is 0. The van der Waals surface area contributed by atoms with Gasteiger partial charge in [-0.1, -0.05) is 72.8 Å². The lowest BCUT2D eigenvalue weighted by atomic mass is 9.99. The first-order valence-corrected chi connectivity index (χ1v) is 11.9. The Morgan fingerprint density at radius 2 is 1.50 bits per heavy atom. The van der Waals surface area contributed by atoms with Gasteiger partial charge in [0.25, 0.3) is 0 Å². The third-order valence-corrected chi connectivity index (χ3v) is 6.50. The van der Waals surface area contributed by atoms with Crippen LogP contribution in [0.5, 0.6) is 0 Å². The van der Waals surface area contributed by atoms with E-state index < -0.39 is 0 Å². The summed E-state index contributed by atoms with van der Waals surface area (Å²) in [6.45, 7) is 3.05. The first-order chi connectivity index (χ1) is 16.7. The van der Waals surface area contributed by atoms with Gasteiger partial charge >= 0.3 is 0 Å². The summed E-state index contributed by atoms with van der Waals surface area (Å²) in [6, 6.07) is 30.2. The molecule has 1 heterocycles. The van der Waals surface area contributed by atoms with Crippen LogP contribution in [0.1, 0.15) is 13.3 Å². The van der Waals surface area contributed by atoms with Crippen molar-refractivity contribution in [3.05, 3.63) is 120 Å². The Hall–Kier alpha value is -4.04. The maximum Gasteiger partial charge on any atom is 0.213 e. The normalized spacial score (nSPS) is 15.1. The van der Waals surface area contributed by atoms with Crippen LogP contribution in [0, 0.1) is 0 Å². The van der Waals surface area contributed by atoms with Crippen LogP contribution in [-0.4, -0.2) is 35.2 Å². The fraction of sp³-hybridized carbons (Fsp3) is 0.125. The zero-order valence-corrected chi connectivity index (χ0v) is 19.9. The van der Waals surface area contributed by atoms with E-state index in [2.05, 4.69) is 145 Å². The molecule has 0 aliphatic carbocycles. The van der Waals surface area contributed by atoms with Crippen molar-refractivity contribution in [3.8, 4) is 0 Å². The molecule has 0 radical (unpaired) electrons. The average molecular weight is 443 g/mol. The molecule has 166 valence electrons. The number of hydrogen-bond acceptors (Lipinski definition) is 0. The molecule has 0 fully saturated rings. The smallest absolute Gasteiger partial charge is 0.201 e. The Morgan fingerprint density at radius 3 is 2.24 bits per heavy atom. The van der Waals surface area contributed by atoms with Gasteiger partial charge in [-0.2, -0.15) is 4.58 Å². The lowest BCUT2D eigenvalue weighted by Gasteiger charge is -2.13. The lowest BCUT2D eigenvalue weighted by Crippen LogP contribution is -2.14. The van der Waals surface area contributed by atoms with Crippen LogP contribution in [0.25, 0.3) is 21.5 Å². The zero-order valence-electron chi connectivity index (χ0n) is 19.9. The molecule has 2 heteroatoms. The molecule has 0 atom stereocenters. The molecule has 4 aromatic rings. The minimum absolute atomic E-state index is 0.966. The van der Waals surface area contributed by atoms with Gasteiger partial charge in [0.05, 0.1) is 10.8 Å². The van der Waals surface area contributed by atoms with Gasteiger partial charge in [-0.3, -0.25) is 0 Å².